The highest BCUT2D eigenvalue weighted by Crippen LogP contribution is 2.39. The zero-order chi connectivity index (χ0) is 13.6. The summed E-state index contributed by atoms with van der Waals surface area (Å²) in [5.41, 5.74) is 2.43. The van der Waals surface area contributed by atoms with Crippen molar-refractivity contribution in [3.63, 3.8) is 0 Å². The van der Waals surface area contributed by atoms with Crippen LogP contribution in [0, 0.1) is 11.3 Å². The molecule has 1 fully saturated rings. The topological polar surface area (TPSA) is 22.0 Å². The number of hydrogen-bond acceptors (Lipinski definition) is 1. The zero-order valence-electron chi connectivity index (χ0n) is 12.4. The average Bonchev–Trinajstić information content (AvgIpc) is 2.71. The minimum absolute atomic E-state index is 0.125. The van der Waals surface area contributed by atoms with Gasteiger partial charge in [-0.3, -0.25) is 4.79 Å². The summed E-state index contributed by atoms with van der Waals surface area (Å²) < 4.78 is 2.43. The quantitative estimate of drug-likeness (QED) is 0.733. The lowest BCUT2D eigenvalue weighted by Gasteiger charge is -2.34. The zero-order valence-corrected chi connectivity index (χ0v) is 12.4. The van der Waals surface area contributed by atoms with Gasteiger partial charge in [0.2, 0.25) is 0 Å². The van der Waals surface area contributed by atoms with Gasteiger partial charge in [-0.1, -0.05) is 33.6 Å². The molecule has 0 aromatic carbocycles. The maximum Gasteiger partial charge on any atom is 0.165 e. The molecular formula is C17H25NO. The van der Waals surface area contributed by atoms with Gasteiger partial charge in [0.1, 0.15) is 0 Å². The first-order chi connectivity index (χ1) is 8.96. The van der Waals surface area contributed by atoms with Crippen LogP contribution in [0.5, 0.6) is 0 Å². The number of ketones is 1. The first-order valence-corrected chi connectivity index (χ1v) is 7.69. The largest absolute Gasteiger partial charge is 0.348 e. The van der Waals surface area contributed by atoms with E-state index in [1.54, 1.807) is 0 Å². The Kier molecular flexibility index (Phi) is 3.07. The van der Waals surface area contributed by atoms with Gasteiger partial charge in [0, 0.05) is 29.9 Å². The summed E-state index contributed by atoms with van der Waals surface area (Å²) in [4.78, 5) is 12.2. The Morgan fingerprint density at radius 2 is 2.05 bits per heavy atom. The van der Waals surface area contributed by atoms with Gasteiger partial charge in [0.15, 0.2) is 5.78 Å². The average molecular weight is 259 g/mol. The van der Waals surface area contributed by atoms with Crippen molar-refractivity contribution in [3.8, 4) is 0 Å². The second-order valence-electron chi connectivity index (χ2n) is 7.45. The molecule has 2 nitrogen and oxygen atoms in total. The molecule has 2 heteroatoms. The number of carbonyl (C=O) groups excluding carboxylic acids is 1. The van der Waals surface area contributed by atoms with Crippen molar-refractivity contribution in [2.75, 3.05) is 0 Å². The minimum atomic E-state index is 0.125. The smallest absolute Gasteiger partial charge is 0.165 e. The van der Waals surface area contributed by atoms with Crippen LogP contribution < -0.4 is 0 Å². The van der Waals surface area contributed by atoms with Crippen molar-refractivity contribution in [1.82, 2.24) is 4.57 Å². The van der Waals surface area contributed by atoms with Crippen LogP contribution in [0.1, 0.15) is 75.0 Å². The standard InChI is InChI=1S/C17H25NO/c1-12-5-4-6-13(9-12)18-8-7-14-15(18)10-17(2,3)11-16(14)19/h7-8,12-13H,4-6,9-11H2,1-3H3. The van der Waals surface area contributed by atoms with Gasteiger partial charge in [0.25, 0.3) is 0 Å². The molecule has 2 aliphatic carbocycles. The first kappa shape index (κ1) is 13.0. The molecule has 0 saturated heterocycles. The monoisotopic (exact) mass is 259 g/mol. The Bertz CT molecular complexity index is 497. The van der Waals surface area contributed by atoms with E-state index in [1.807, 2.05) is 0 Å². The first-order valence-electron chi connectivity index (χ1n) is 7.69. The Labute approximate surface area is 116 Å². The highest BCUT2D eigenvalue weighted by Gasteiger charge is 2.34. The molecule has 104 valence electrons. The predicted molar refractivity (Wildman–Crippen MR) is 77.5 cm³/mol. The van der Waals surface area contributed by atoms with E-state index in [-0.39, 0.29) is 5.41 Å². The van der Waals surface area contributed by atoms with Crippen LogP contribution in [0.15, 0.2) is 12.3 Å². The molecule has 0 bridgehead atoms. The van der Waals surface area contributed by atoms with Crippen LogP contribution in [0.25, 0.3) is 0 Å². The third kappa shape index (κ3) is 2.37. The minimum Gasteiger partial charge on any atom is -0.348 e. The van der Waals surface area contributed by atoms with Crippen molar-refractivity contribution in [2.24, 2.45) is 11.3 Å². The number of carbonyl (C=O) groups is 1. The van der Waals surface area contributed by atoms with E-state index in [0.29, 0.717) is 18.2 Å². The molecular weight excluding hydrogens is 234 g/mol. The molecule has 1 aromatic heterocycles. The molecule has 0 radical (unpaired) electrons. The highest BCUT2D eigenvalue weighted by molar-refractivity contribution is 5.98. The normalized spacial score (nSPS) is 30.2. The van der Waals surface area contributed by atoms with Crippen LogP contribution >= 0.6 is 0 Å². The van der Waals surface area contributed by atoms with E-state index in [2.05, 4.69) is 37.6 Å². The summed E-state index contributed by atoms with van der Waals surface area (Å²) in [7, 11) is 0. The summed E-state index contributed by atoms with van der Waals surface area (Å²) in [6.45, 7) is 6.79. The number of fused-ring (bicyclic) bond motifs is 1. The lowest BCUT2D eigenvalue weighted by molar-refractivity contribution is 0.0908. The van der Waals surface area contributed by atoms with E-state index in [4.69, 9.17) is 0 Å². The second-order valence-corrected chi connectivity index (χ2v) is 7.45. The molecule has 2 atom stereocenters. The fourth-order valence-corrected chi connectivity index (χ4v) is 3.96. The van der Waals surface area contributed by atoms with Crippen LogP contribution in [0.3, 0.4) is 0 Å². The van der Waals surface area contributed by atoms with E-state index in [0.717, 1.165) is 17.9 Å². The van der Waals surface area contributed by atoms with Crippen LogP contribution in [0.2, 0.25) is 0 Å². The van der Waals surface area contributed by atoms with Gasteiger partial charge in [-0.25, -0.2) is 0 Å². The number of nitrogens with zero attached hydrogens (tertiary/aromatic N) is 1. The van der Waals surface area contributed by atoms with Gasteiger partial charge >= 0.3 is 0 Å². The Balaban J connectivity index is 1.94. The molecule has 19 heavy (non-hydrogen) atoms. The fourth-order valence-electron chi connectivity index (χ4n) is 3.96. The SMILES string of the molecule is CC1CCCC(n2ccc3c2CC(C)(C)CC3=O)C1. The Morgan fingerprint density at radius 1 is 1.26 bits per heavy atom. The van der Waals surface area contributed by atoms with Crippen LogP contribution in [-0.2, 0) is 6.42 Å². The summed E-state index contributed by atoms with van der Waals surface area (Å²) in [6, 6.07) is 2.68. The van der Waals surface area contributed by atoms with Gasteiger partial charge in [-0.15, -0.1) is 0 Å². The molecule has 0 spiro atoms. The number of aromatic nitrogens is 1. The lowest BCUT2D eigenvalue weighted by Crippen LogP contribution is -2.29. The summed E-state index contributed by atoms with van der Waals surface area (Å²) >= 11 is 0. The van der Waals surface area contributed by atoms with Crippen molar-refractivity contribution < 1.29 is 4.79 Å². The second kappa shape index (κ2) is 4.50. The van der Waals surface area contributed by atoms with Crippen molar-refractivity contribution in [3.05, 3.63) is 23.5 Å². The van der Waals surface area contributed by atoms with Crippen molar-refractivity contribution in [1.29, 1.82) is 0 Å². The fraction of sp³-hybridized carbons (Fsp3) is 0.706. The molecule has 1 heterocycles. The lowest BCUT2D eigenvalue weighted by atomic mass is 9.76. The predicted octanol–water partition coefficient (Wildman–Crippen LogP) is 4.39. The Hall–Kier alpha value is -1.05. The molecule has 1 saturated carbocycles. The summed E-state index contributed by atoms with van der Waals surface area (Å²) in [5, 5.41) is 0. The van der Waals surface area contributed by atoms with E-state index < -0.39 is 0 Å². The van der Waals surface area contributed by atoms with E-state index >= 15 is 0 Å². The van der Waals surface area contributed by atoms with E-state index in [1.165, 1.54) is 31.4 Å². The highest BCUT2D eigenvalue weighted by atomic mass is 16.1. The van der Waals surface area contributed by atoms with Crippen molar-refractivity contribution >= 4 is 5.78 Å². The van der Waals surface area contributed by atoms with Gasteiger partial charge in [-0.05, 0) is 36.7 Å². The number of hydrogen-bond donors (Lipinski definition) is 0. The van der Waals surface area contributed by atoms with Crippen molar-refractivity contribution in [2.45, 2.75) is 65.3 Å². The third-order valence-electron chi connectivity index (χ3n) is 4.91. The van der Waals surface area contributed by atoms with E-state index in [9.17, 15) is 4.79 Å². The van der Waals surface area contributed by atoms with Gasteiger partial charge < -0.3 is 4.57 Å². The number of Topliss-reactive ketones (excluding diaryl/α,β-unsaturated/α-hetero) is 1. The molecule has 0 N–H and O–H groups in total. The molecule has 2 aliphatic rings. The Morgan fingerprint density at radius 3 is 2.79 bits per heavy atom. The maximum absolute atomic E-state index is 12.2. The summed E-state index contributed by atoms with van der Waals surface area (Å²) in [6.07, 6.45) is 9.17. The maximum atomic E-state index is 12.2. The van der Waals surface area contributed by atoms with Gasteiger partial charge in [-0.2, -0.15) is 0 Å². The van der Waals surface area contributed by atoms with Gasteiger partial charge in [0.05, 0.1) is 0 Å². The third-order valence-corrected chi connectivity index (χ3v) is 4.91. The summed E-state index contributed by atoms with van der Waals surface area (Å²) in [5.74, 6) is 1.16. The molecule has 3 rings (SSSR count). The van der Waals surface area contributed by atoms with Crippen LogP contribution in [-0.4, -0.2) is 10.4 Å². The molecule has 1 aromatic rings. The number of rotatable bonds is 1. The van der Waals surface area contributed by atoms with Crippen LogP contribution in [0.4, 0.5) is 0 Å². The molecule has 0 amide bonds. The molecule has 0 aliphatic heterocycles. The molecule has 2 unspecified atom stereocenters.